The number of rotatable bonds is 5. The summed E-state index contributed by atoms with van der Waals surface area (Å²) in [7, 11) is 1.27. The summed E-state index contributed by atoms with van der Waals surface area (Å²) in [5.41, 5.74) is 3.09. The number of carbonyl (C=O) groups is 2. The Bertz CT molecular complexity index is 450. The third-order valence-electron chi connectivity index (χ3n) is 3.02. The molecule has 1 rings (SSSR count). The molecular formula is C14H19NO4. The van der Waals surface area contributed by atoms with Crippen molar-refractivity contribution in [3.05, 3.63) is 34.9 Å². The van der Waals surface area contributed by atoms with Gasteiger partial charge in [0.25, 0.3) is 0 Å². The highest BCUT2D eigenvalue weighted by atomic mass is 16.5. The van der Waals surface area contributed by atoms with Crippen LogP contribution in [0, 0.1) is 13.8 Å². The Hall–Kier alpha value is -1.88. The van der Waals surface area contributed by atoms with Gasteiger partial charge >= 0.3 is 5.97 Å². The van der Waals surface area contributed by atoms with E-state index >= 15 is 0 Å². The quantitative estimate of drug-likeness (QED) is 0.760. The molecule has 0 bridgehead atoms. The predicted molar refractivity (Wildman–Crippen MR) is 70.7 cm³/mol. The van der Waals surface area contributed by atoms with Gasteiger partial charge in [0.05, 0.1) is 7.11 Å². The maximum Gasteiger partial charge on any atom is 0.328 e. The first-order valence-corrected chi connectivity index (χ1v) is 6.02. The third kappa shape index (κ3) is 4.06. The van der Waals surface area contributed by atoms with Gasteiger partial charge in [0, 0.05) is 6.42 Å². The Balaban J connectivity index is 2.94. The monoisotopic (exact) mass is 265 g/mol. The van der Waals surface area contributed by atoms with Gasteiger partial charge in [-0.3, -0.25) is 4.79 Å². The summed E-state index contributed by atoms with van der Waals surface area (Å²) in [5, 5.41) is 11.2. The highest BCUT2D eigenvalue weighted by Crippen LogP contribution is 2.15. The number of amides is 1. The number of hydrogen-bond acceptors (Lipinski definition) is 4. The van der Waals surface area contributed by atoms with Crippen LogP contribution >= 0.6 is 0 Å². The largest absolute Gasteiger partial charge is 0.467 e. The van der Waals surface area contributed by atoms with E-state index in [0.29, 0.717) is 6.42 Å². The lowest BCUT2D eigenvalue weighted by molar-refractivity contribution is -0.145. The van der Waals surface area contributed by atoms with Gasteiger partial charge < -0.3 is 15.2 Å². The minimum atomic E-state index is -0.788. The molecule has 0 heterocycles. The Morgan fingerprint density at radius 2 is 1.89 bits per heavy atom. The van der Waals surface area contributed by atoms with Crippen LogP contribution in [0.5, 0.6) is 0 Å². The maximum atomic E-state index is 11.7. The second-order valence-corrected chi connectivity index (χ2v) is 4.38. The predicted octanol–water partition coefficient (Wildman–Crippen LogP) is 0.496. The summed E-state index contributed by atoms with van der Waals surface area (Å²) in [6, 6.07) is 5.05. The number of carbonyl (C=O) groups excluding carboxylic acids is 2. The molecule has 0 spiro atoms. The van der Waals surface area contributed by atoms with Crippen molar-refractivity contribution < 1.29 is 19.4 Å². The van der Waals surface area contributed by atoms with Crippen molar-refractivity contribution in [3.8, 4) is 0 Å². The summed E-state index contributed by atoms with van der Waals surface area (Å²) in [5.74, 6) is -1.12. The van der Waals surface area contributed by atoms with Crippen LogP contribution < -0.4 is 5.32 Å². The molecule has 0 unspecified atom stereocenters. The van der Waals surface area contributed by atoms with Gasteiger partial charge in [-0.15, -0.1) is 0 Å². The molecule has 0 saturated heterocycles. The lowest BCUT2D eigenvalue weighted by atomic mass is 9.96. The summed E-state index contributed by atoms with van der Waals surface area (Å²) in [4.78, 5) is 22.9. The van der Waals surface area contributed by atoms with Gasteiger partial charge in [0.15, 0.2) is 0 Å². The van der Waals surface area contributed by atoms with Gasteiger partial charge in [-0.05, 0) is 30.5 Å². The molecule has 0 saturated carbocycles. The van der Waals surface area contributed by atoms with Crippen molar-refractivity contribution in [3.63, 3.8) is 0 Å². The summed E-state index contributed by atoms with van der Waals surface area (Å²) < 4.78 is 4.67. The average molecular weight is 265 g/mol. The fourth-order valence-corrected chi connectivity index (χ4v) is 1.95. The SMILES string of the molecule is COC(=O)[C@@H](Cc1c(C)cccc1C)NC(=O)CO. The van der Waals surface area contributed by atoms with Gasteiger partial charge in [0.1, 0.15) is 12.6 Å². The van der Waals surface area contributed by atoms with E-state index in [4.69, 9.17) is 5.11 Å². The van der Waals surface area contributed by atoms with Crippen molar-refractivity contribution >= 4 is 11.9 Å². The topological polar surface area (TPSA) is 75.6 Å². The molecule has 0 radical (unpaired) electrons. The van der Waals surface area contributed by atoms with E-state index in [-0.39, 0.29) is 0 Å². The zero-order chi connectivity index (χ0) is 14.4. The number of aliphatic hydroxyl groups is 1. The molecular weight excluding hydrogens is 246 g/mol. The number of aliphatic hydroxyl groups excluding tert-OH is 1. The normalized spacial score (nSPS) is 11.8. The number of ether oxygens (including phenoxy) is 1. The Kier molecular flexibility index (Phi) is 5.51. The van der Waals surface area contributed by atoms with Crippen molar-refractivity contribution in [1.82, 2.24) is 5.32 Å². The van der Waals surface area contributed by atoms with E-state index in [1.165, 1.54) is 7.11 Å². The summed E-state index contributed by atoms with van der Waals surface area (Å²) in [6.45, 7) is 3.25. The molecule has 1 amide bonds. The van der Waals surface area contributed by atoms with Crippen LogP contribution in [0.4, 0.5) is 0 Å². The van der Waals surface area contributed by atoms with Crippen molar-refractivity contribution in [1.29, 1.82) is 0 Å². The van der Waals surface area contributed by atoms with E-state index in [1.807, 2.05) is 32.0 Å². The number of esters is 1. The zero-order valence-corrected chi connectivity index (χ0v) is 11.4. The summed E-state index contributed by atoms with van der Waals surface area (Å²) >= 11 is 0. The van der Waals surface area contributed by atoms with Crippen LogP contribution in [0.3, 0.4) is 0 Å². The zero-order valence-electron chi connectivity index (χ0n) is 11.4. The van der Waals surface area contributed by atoms with Gasteiger partial charge in [0.2, 0.25) is 5.91 Å². The third-order valence-corrected chi connectivity index (χ3v) is 3.02. The first kappa shape index (κ1) is 15.2. The maximum absolute atomic E-state index is 11.7. The number of nitrogens with one attached hydrogen (secondary N) is 1. The minimum absolute atomic E-state index is 0.344. The summed E-state index contributed by atoms with van der Waals surface area (Å²) in [6.07, 6.45) is 0.344. The smallest absolute Gasteiger partial charge is 0.328 e. The fourth-order valence-electron chi connectivity index (χ4n) is 1.95. The van der Waals surface area contributed by atoms with Crippen LogP contribution in [0.25, 0.3) is 0 Å². The van der Waals surface area contributed by atoms with E-state index in [9.17, 15) is 9.59 Å². The van der Waals surface area contributed by atoms with E-state index in [0.717, 1.165) is 16.7 Å². The number of aryl methyl sites for hydroxylation is 2. The molecule has 0 aromatic heterocycles. The first-order valence-electron chi connectivity index (χ1n) is 6.02. The number of hydrogen-bond donors (Lipinski definition) is 2. The average Bonchev–Trinajstić information content (AvgIpc) is 2.40. The standard InChI is InChI=1S/C14H19NO4/c1-9-5-4-6-10(2)11(9)7-12(14(18)19-3)15-13(17)8-16/h4-6,12,16H,7-8H2,1-3H3,(H,15,17)/t12-/m1/s1. The molecule has 0 aliphatic rings. The first-order chi connectivity index (χ1) is 8.99. The molecule has 1 aromatic rings. The molecule has 19 heavy (non-hydrogen) atoms. The van der Waals surface area contributed by atoms with Crippen LogP contribution in [0.15, 0.2) is 18.2 Å². The minimum Gasteiger partial charge on any atom is -0.467 e. The molecule has 5 heteroatoms. The Labute approximate surface area is 112 Å². The van der Waals surface area contributed by atoms with Crippen LogP contribution in [-0.4, -0.2) is 36.7 Å². The highest BCUT2D eigenvalue weighted by Gasteiger charge is 2.22. The van der Waals surface area contributed by atoms with E-state index in [2.05, 4.69) is 10.1 Å². The molecule has 104 valence electrons. The molecule has 0 aliphatic carbocycles. The van der Waals surface area contributed by atoms with Crippen molar-refractivity contribution in [2.24, 2.45) is 0 Å². The van der Waals surface area contributed by atoms with E-state index < -0.39 is 24.5 Å². The number of methoxy groups -OCH3 is 1. The Morgan fingerprint density at radius 3 is 2.37 bits per heavy atom. The molecule has 5 nitrogen and oxygen atoms in total. The van der Waals surface area contributed by atoms with Gasteiger partial charge in [-0.25, -0.2) is 4.79 Å². The fraction of sp³-hybridized carbons (Fsp3) is 0.429. The Morgan fingerprint density at radius 1 is 1.32 bits per heavy atom. The van der Waals surface area contributed by atoms with Gasteiger partial charge in [-0.2, -0.15) is 0 Å². The lowest BCUT2D eigenvalue weighted by Crippen LogP contribution is -2.44. The second-order valence-electron chi connectivity index (χ2n) is 4.38. The lowest BCUT2D eigenvalue weighted by Gasteiger charge is -2.18. The van der Waals surface area contributed by atoms with E-state index in [1.54, 1.807) is 0 Å². The van der Waals surface area contributed by atoms with Crippen molar-refractivity contribution in [2.75, 3.05) is 13.7 Å². The molecule has 2 N–H and O–H groups in total. The van der Waals surface area contributed by atoms with Crippen molar-refractivity contribution in [2.45, 2.75) is 26.3 Å². The highest BCUT2D eigenvalue weighted by molar-refractivity contribution is 5.85. The molecule has 1 atom stereocenters. The number of benzene rings is 1. The molecule has 1 aromatic carbocycles. The van der Waals surface area contributed by atoms with Gasteiger partial charge in [-0.1, -0.05) is 18.2 Å². The second kappa shape index (κ2) is 6.89. The van der Waals surface area contributed by atoms with Crippen LogP contribution in [0.1, 0.15) is 16.7 Å². The van der Waals surface area contributed by atoms with Crippen LogP contribution in [0.2, 0.25) is 0 Å². The molecule has 0 aliphatic heterocycles. The molecule has 0 fully saturated rings. The van der Waals surface area contributed by atoms with Crippen LogP contribution in [-0.2, 0) is 20.7 Å².